The molecule has 3 aromatic rings. The molecule has 0 saturated heterocycles. The van der Waals surface area contributed by atoms with Gasteiger partial charge >= 0.3 is 5.97 Å². The van der Waals surface area contributed by atoms with E-state index in [0.29, 0.717) is 37.1 Å². The highest BCUT2D eigenvalue weighted by Crippen LogP contribution is 2.35. The summed E-state index contributed by atoms with van der Waals surface area (Å²) in [6.07, 6.45) is 1.73. The average Bonchev–Trinajstić information content (AvgIpc) is 3.13. The number of rotatable bonds is 5. The van der Waals surface area contributed by atoms with Gasteiger partial charge in [-0.2, -0.15) is 0 Å². The second-order valence-corrected chi connectivity index (χ2v) is 8.63. The molecule has 2 aromatic carbocycles. The molecule has 0 unspecified atom stereocenters. The lowest BCUT2D eigenvalue weighted by molar-refractivity contribution is -0.136. The van der Waals surface area contributed by atoms with Crippen LogP contribution in [0.4, 0.5) is 0 Å². The van der Waals surface area contributed by atoms with Crippen LogP contribution in [0.25, 0.3) is 6.08 Å². The van der Waals surface area contributed by atoms with Gasteiger partial charge in [0, 0.05) is 5.02 Å². The zero-order chi connectivity index (χ0) is 23.7. The zero-order valence-corrected chi connectivity index (χ0v) is 20.0. The number of allylic oxidation sites excluding steroid dienone is 1. The van der Waals surface area contributed by atoms with Crippen molar-refractivity contribution in [2.45, 2.75) is 13.0 Å². The maximum Gasteiger partial charge on any atom is 0.338 e. The van der Waals surface area contributed by atoms with Crippen molar-refractivity contribution in [3.63, 3.8) is 0 Å². The van der Waals surface area contributed by atoms with Crippen molar-refractivity contribution in [1.29, 1.82) is 0 Å². The molecular formula is C24H21ClN2O5S. The summed E-state index contributed by atoms with van der Waals surface area (Å²) >= 11 is 7.53. The number of thiazole rings is 1. The minimum atomic E-state index is -0.748. The molecule has 0 saturated carbocycles. The van der Waals surface area contributed by atoms with Crippen LogP contribution < -0.4 is 24.4 Å². The van der Waals surface area contributed by atoms with Gasteiger partial charge in [-0.3, -0.25) is 9.36 Å². The lowest BCUT2D eigenvalue weighted by atomic mass is 9.95. The number of aromatic nitrogens is 1. The van der Waals surface area contributed by atoms with E-state index in [4.69, 9.17) is 25.8 Å². The SMILES string of the molecule is COC(=O)C1=C(C)N=c2s/c(=C\c3ccccc3Cl)c(=O)n2[C@@H]1c1ccc(OC)c(OC)c1. The number of halogens is 1. The maximum atomic E-state index is 13.6. The van der Waals surface area contributed by atoms with Gasteiger partial charge in [-0.15, -0.1) is 0 Å². The first-order valence-corrected chi connectivity index (χ1v) is 11.2. The third kappa shape index (κ3) is 4.07. The first-order valence-electron chi connectivity index (χ1n) is 9.97. The minimum absolute atomic E-state index is 0.279. The molecule has 0 amide bonds. The van der Waals surface area contributed by atoms with Gasteiger partial charge < -0.3 is 14.2 Å². The van der Waals surface area contributed by atoms with Gasteiger partial charge in [-0.25, -0.2) is 9.79 Å². The van der Waals surface area contributed by atoms with Crippen molar-refractivity contribution in [2.24, 2.45) is 4.99 Å². The van der Waals surface area contributed by atoms with Crippen molar-refractivity contribution < 1.29 is 19.0 Å². The number of benzene rings is 2. The van der Waals surface area contributed by atoms with Crippen LogP contribution in [0.1, 0.15) is 24.1 Å². The second-order valence-electron chi connectivity index (χ2n) is 7.21. The van der Waals surface area contributed by atoms with E-state index in [-0.39, 0.29) is 11.1 Å². The third-order valence-corrected chi connectivity index (χ3v) is 6.67. The molecule has 9 heteroatoms. The van der Waals surface area contributed by atoms with Gasteiger partial charge in [0.2, 0.25) is 0 Å². The standard InChI is InChI=1S/C24H21ClN2O5S/c1-13-20(23(29)32-4)21(15-9-10-17(30-2)18(11-15)31-3)27-22(28)19(33-24(27)26-13)12-14-7-5-6-8-16(14)25/h5-12,21H,1-4H3/b19-12-/t21-/m1/s1. The van der Waals surface area contributed by atoms with E-state index in [9.17, 15) is 9.59 Å². The lowest BCUT2D eigenvalue weighted by Crippen LogP contribution is -2.39. The molecule has 0 radical (unpaired) electrons. The predicted octanol–water partition coefficient (Wildman–Crippen LogP) is 3.08. The van der Waals surface area contributed by atoms with Crippen molar-refractivity contribution in [3.8, 4) is 11.5 Å². The van der Waals surface area contributed by atoms with Crippen LogP contribution in [0.15, 0.2) is 63.5 Å². The smallest absolute Gasteiger partial charge is 0.338 e. The summed E-state index contributed by atoms with van der Waals surface area (Å²) in [6, 6.07) is 11.8. The van der Waals surface area contributed by atoms with Gasteiger partial charge in [-0.1, -0.05) is 47.2 Å². The van der Waals surface area contributed by atoms with Gasteiger partial charge in [-0.05, 0) is 42.3 Å². The molecule has 170 valence electrons. The molecule has 0 N–H and O–H groups in total. The summed E-state index contributed by atoms with van der Waals surface area (Å²) in [7, 11) is 4.37. The number of nitrogens with zero attached hydrogens (tertiary/aromatic N) is 2. The summed E-state index contributed by atoms with van der Waals surface area (Å²) in [5.41, 5.74) is 1.85. The summed E-state index contributed by atoms with van der Waals surface area (Å²) in [6.45, 7) is 1.73. The van der Waals surface area contributed by atoms with Crippen LogP contribution in [-0.4, -0.2) is 31.9 Å². The molecule has 0 aliphatic carbocycles. The summed E-state index contributed by atoms with van der Waals surface area (Å²) < 4.78 is 17.8. The number of hydrogen-bond donors (Lipinski definition) is 0. The molecule has 1 atom stereocenters. The van der Waals surface area contributed by atoms with Crippen LogP contribution in [0.2, 0.25) is 5.02 Å². The van der Waals surface area contributed by atoms with Gasteiger partial charge in [0.25, 0.3) is 5.56 Å². The van der Waals surface area contributed by atoms with E-state index in [1.165, 1.54) is 30.1 Å². The Kier molecular flexibility index (Phi) is 6.40. The van der Waals surface area contributed by atoms with E-state index in [1.807, 2.05) is 18.2 Å². The van der Waals surface area contributed by atoms with E-state index < -0.39 is 12.0 Å². The van der Waals surface area contributed by atoms with Crippen LogP contribution in [0.3, 0.4) is 0 Å². The summed E-state index contributed by atoms with van der Waals surface area (Å²) in [4.78, 5) is 31.4. The Labute approximate surface area is 198 Å². The largest absolute Gasteiger partial charge is 0.493 e. The van der Waals surface area contributed by atoms with Gasteiger partial charge in [0.1, 0.15) is 0 Å². The van der Waals surface area contributed by atoms with E-state index >= 15 is 0 Å². The van der Waals surface area contributed by atoms with Crippen molar-refractivity contribution in [2.75, 3.05) is 21.3 Å². The van der Waals surface area contributed by atoms with E-state index in [1.54, 1.807) is 44.4 Å². The van der Waals surface area contributed by atoms with Gasteiger partial charge in [0.15, 0.2) is 16.3 Å². The Morgan fingerprint density at radius 3 is 2.52 bits per heavy atom. The highest BCUT2D eigenvalue weighted by Gasteiger charge is 2.33. The van der Waals surface area contributed by atoms with E-state index in [0.717, 1.165) is 5.56 Å². The number of carbonyl (C=O) groups excluding carboxylic acids is 1. The zero-order valence-electron chi connectivity index (χ0n) is 18.4. The molecule has 0 spiro atoms. The number of methoxy groups -OCH3 is 3. The van der Waals surface area contributed by atoms with Crippen LogP contribution >= 0.6 is 22.9 Å². The molecule has 0 fully saturated rings. The lowest BCUT2D eigenvalue weighted by Gasteiger charge is -2.25. The number of hydrogen-bond acceptors (Lipinski definition) is 7. The molecule has 33 heavy (non-hydrogen) atoms. The molecular weight excluding hydrogens is 464 g/mol. The highest BCUT2D eigenvalue weighted by molar-refractivity contribution is 7.07. The van der Waals surface area contributed by atoms with Crippen molar-refractivity contribution >= 4 is 35.0 Å². The molecule has 1 aliphatic rings. The van der Waals surface area contributed by atoms with Crippen LogP contribution in [0.5, 0.6) is 11.5 Å². The average molecular weight is 485 g/mol. The second kappa shape index (κ2) is 9.25. The van der Waals surface area contributed by atoms with Crippen LogP contribution in [-0.2, 0) is 9.53 Å². The van der Waals surface area contributed by atoms with Gasteiger partial charge in [0.05, 0.1) is 43.2 Å². The van der Waals surface area contributed by atoms with E-state index in [2.05, 4.69) is 4.99 Å². The molecule has 4 rings (SSSR count). The fourth-order valence-corrected chi connectivity index (χ4v) is 4.99. The first kappa shape index (κ1) is 22.8. The highest BCUT2D eigenvalue weighted by atomic mass is 35.5. The fraction of sp³-hybridized carbons (Fsp3) is 0.208. The molecule has 7 nitrogen and oxygen atoms in total. The first-order chi connectivity index (χ1) is 15.9. The molecule has 1 aliphatic heterocycles. The number of esters is 1. The molecule has 0 bridgehead atoms. The van der Waals surface area contributed by atoms with Crippen molar-refractivity contribution in [3.05, 3.63) is 89.6 Å². The fourth-order valence-electron chi connectivity index (χ4n) is 3.76. The summed E-state index contributed by atoms with van der Waals surface area (Å²) in [5, 5.41) is 0.534. The van der Waals surface area contributed by atoms with Crippen LogP contribution in [0, 0.1) is 0 Å². The molecule has 1 aromatic heterocycles. The number of fused-ring (bicyclic) bond motifs is 1. The van der Waals surface area contributed by atoms with Crippen molar-refractivity contribution in [1.82, 2.24) is 4.57 Å². The maximum absolute atomic E-state index is 13.6. The monoisotopic (exact) mass is 484 g/mol. The molecule has 2 heterocycles. The minimum Gasteiger partial charge on any atom is -0.493 e. The Morgan fingerprint density at radius 1 is 1.12 bits per heavy atom. The number of ether oxygens (including phenoxy) is 3. The Hall–Kier alpha value is -3.36. The third-order valence-electron chi connectivity index (χ3n) is 5.34. The Balaban J connectivity index is 2.00. The Bertz CT molecular complexity index is 1450. The quantitative estimate of drug-likeness (QED) is 0.520. The Morgan fingerprint density at radius 2 is 1.85 bits per heavy atom. The number of carbonyl (C=O) groups is 1. The topological polar surface area (TPSA) is 79.1 Å². The normalized spacial score (nSPS) is 15.7. The summed E-state index contributed by atoms with van der Waals surface area (Å²) in [5.74, 6) is 0.455. The predicted molar refractivity (Wildman–Crippen MR) is 127 cm³/mol.